The number of ether oxygens (including phenoxy) is 2. The van der Waals surface area contributed by atoms with Crippen LogP contribution in [-0.4, -0.2) is 57.1 Å². The Bertz CT molecular complexity index is 1320. The van der Waals surface area contributed by atoms with Crippen LogP contribution in [0.2, 0.25) is 0 Å². The number of hydrogen-bond acceptors (Lipinski definition) is 13. The van der Waals surface area contributed by atoms with E-state index in [1.807, 2.05) is 0 Å². The molecule has 0 unspecified atom stereocenters. The van der Waals surface area contributed by atoms with E-state index in [0.717, 1.165) is 28.9 Å². The number of halogens is 1. The van der Waals surface area contributed by atoms with Crippen LogP contribution >= 0.6 is 44.7 Å². The Hall–Kier alpha value is -1.56. The predicted molar refractivity (Wildman–Crippen MR) is 131 cm³/mol. The summed E-state index contributed by atoms with van der Waals surface area (Å²) in [6.07, 6.45) is 2.19. The number of thiophene rings is 3. The van der Waals surface area contributed by atoms with E-state index in [9.17, 15) is 25.3 Å². The second-order valence-electron chi connectivity index (χ2n) is 5.86. The van der Waals surface area contributed by atoms with Crippen molar-refractivity contribution in [3.05, 3.63) is 28.3 Å². The Labute approximate surface area is 208 Å². The van der Waals surface area contributed by atoms with Crippen molar-refractivity contribution in [3.8, 4) is 17.2 Å². The van der Waals surface area contributed by atoms with Crippen molar-refractivity contribution < 1.29 is 39.8 Å². The highest BCUT2D eigenvalue weighted by Crippen LogP contribution is 2.35. The number of aromatic hydroxyl groups is 1. The smallest absolute Gasteiger partial charge is 0.274 e. The van der Waals surface area contributed by atoms with Crippen LogP contribution in [0.1, 0.15) is 0 Å². The molecule has 0 aliphatic carbocycles. The van der Waals surface area contributed by atoms with Crippen LogP contribution in [0.25, 0.3) is 0 Å². The number of nitrogen functional groups attached to an aromatic ring is 1. The largest absolute Gasteiger partial charge is 0.504 e. The molecule has 17 heteroatoms. The zero-order valence-electron chi connectivity index (χ0n) is 17.5. The van der Waals surface area contributed by atoms with Gasteiger partial charge in [-0.15, -0.1) is 34.0 Å². The molecule has 3 rings (SSSR count). The molecule has 10 nitrogen and oxygen atoms in total. The van der Waals surface area contributed by atoms with Crippen LogP contribution in [0.3, 0.4) is 0 Å². The fourth-order valence-corrected chi connectivity index (χ4v) is 7.94. The van der Waals surface area contributed by atoms with Crippen LogP contribution in [0.5, 0.6) is 17.2 Å². The lowest BCUT2D eigenvalue weighted by Gasteiger charge is -1.97. The lowest BCUT2D eigenvalue weighted by molar-refractivity contribution is 0.406. The summed E-state index contributed by atoms with van der Waals surface area (Å²) in [5.41, 5.74) is 5.34. The molecule has 0 aliphatic heterocycles. The number of anilines is 1. The number of rotatable bonds is 5. The molecule has 3 aromatic heterocycles. The van der Waals surface area contributed by atoms with Gasteiger partial charge in [-0.1, -0.05) is 0 Å². The van der Waals surface area contributed by atoms with Crippen molar-refractivity contribution in [1.29, 1.82) is 0 Å². The summed E-state index contributed by atoms with van der Waals surface area (Å²) in [5, 5.41) is 13.8. The molecule has 33 heavy (non-hydrogen) atoms. The lowest BCUT2D eigenvalue weighted by atomic mass is 10.5. The minimum atomic E-state index is -3.64. The Morgan fingerprint density at radius 1 is 0.818 bits per heavy atom. The molecular weight excluding hydrogens is 578 g/mol. The van der Waals surface area contributed by atoms with Crippen LogP contribution < -0.4 is 15.2 Å². The van der Waals surface area contributed by atoms with Gasteiger partial charge in [-0.2, -0.15) is 0 Å². The van der Waals surface area contributed by atoms with E-state index in [1.54, 1.807) is 22.9 Å². The maximum Gasteiger partial charge on any atom is 0.274 e. The zero-order chi connectivity index (χ0) is 25.6. The number of methoxy groups -OCH3 is 2. The van der Waals surface area contributed by atoms with E-state index in [-0.39, 0.29) is 19.9 Å². The fraction of sp³-hybridized carbons (Fsp3) is 0.250. The summed E-state index contributed by atoms with van der Waals surface area (Å²) in [6, 6.07) is 3.20. The maximum absolute atomic E-state index is 11.0. The summed E-state index contributed by atoms with van der Waals surface area (Å²) in [5.74, 6) is 0.389. The van der Waals surface area contributed by atoms with Gasteiger partial charge in [0.1, 0.15) is 11.5 Å². The van der Waals surface area contributed by atoms with Gasteiger partial charge in [-0.05, 0) is 22.9 Å². The molecule has 0 saturated heterocycles. The van der Waals surface area contributed by atoms with Crippen molar-refractivity contribution in [1.82, 2.24) is 0 Å². The molecule has 0 radical (unpaired) electrons. The maximum atomic E-state index is 11.0. The van der Waals surface area contributed by atoms with Crippen LogP contribution in [0.4, 0.5) is 5.69 Å². The predicted octanol–water partition coefficient (Wildman–Crippen LogP) is 3.28. The second kappa shape index (κ2) is 11.7. The highest BCUT2D eigenvalue weighted by Gasteiger charge is 2.18. The first kappa shape index (κ1) is 29.5. The van der Waals surface area contributed by atoms with Crippen LogP contribution in [0, 0.1) is 0 Å². The number of nitrogens with two attached hydrogens (primary N) is 1. The molecule has 0 aliphatic rings. The van der Waals surface area contributed by atoms with Crippen molar-refractivity contribution in [3.63, 3.8) is 0 Å². The van der Waals surface area contributed by atoms with Crippen LogP contribution in [0.15, 0.2) is 40.9 Å². The molecule has 3 N–H and O–H groups in total. The molecule has 0 atom stereocenters. The second-order valence-corrected chi connectivity index (χ2v) is 15.8. The van der Waals surface area contributed by atoms with Gasteiger partial charge in [0.15, 0.2) is 38.1 Å². The van der Waals surface area contributed by atoms with Gasteiger partial charge in [-0.25, -0.2) is 25.3 Å². The van der Waals surface area contributed by atoms with Gasteiger partial charge in [0.25, 0.3) is 9.05 Å². The molecule has 186 valence electrons. The number of sulfone groups is 2. The Balaban J connectivity index is 0.000000247. The topological polar surface area (TPSA) is 167 Å². The molecule has 0 aromatic carbocycles. The summed E-state index contributed by atoms with van der Waals surface area (Å²) >= 11 is 3.12. The highest BCUT2D eigenvalue weighted by molar-refractivity contribution is 8.15. The van der Waals surface area contributed by atoms with Crippen molar-refractivity contribution in [2.45, 2.75) is 12.6 Å². The van der Waals surface area contributed by atoms with Gasteiger partial charge >= 0.3 is 0 Å². The zero-order valence-corrected chi connectivity index (χ0v) is 23.2. The molecule has 0 spiro atoms. The van der Waals surface area contributed by atoms with Crippen LogP contribution in [-0.2, 0) is 28.7 Å². The summed E-state index contributed by atoms with van der Waals surface area (Å²) in [6.45, 7) is 0. The quantitative estimate of drug-likeness (QED) is 0.416. The number of hydrogen-bond donors (Lipinski definition) is 2. The third kappa shape index (κ3) is 8.62. The average molecular weight is 598 g/mol. The molecule has 3 heterocycles. The van der Waals surface area contributed by atoms with Gasteiger partial charge in [0, 0.05) is 28.6 Å². The SMILES string of the molecule is COc1ccsc1S(=O)(=O)Cl.COc1ccsc1S(C)(=O)=O.CS(=O)(=O)c1scc(N)c1O. The Kier molecular flexibility index (Phi) is 10.5. The van der Waals surface area contributed by atoms with E-state index < -0.39 is 28.7 Å². The molecule has 0 bridgehead atoms. The third-order valence-corrected chi connectivity index (χ3v) is 11.9. The monoisotopic (exact) mass is 597 g/mol. The van der Waals surface area contributed by atoms with Gasteiger partial charge < -0.3 is 20.3 Å². The highest BCUT2D eigenvalue weighted by atomic mass is 35.7. The summed E-state index contributed by atoms with van der Waals surface area (Å²) < 4.78 is 75.1. The first-order chi connectivity index (χ1) is 15.0. The van der Waals surface area contributed by atoms with E-state index in [4.69, 9.17) is 31.0 Å². The summed E-state index contributed by atoms with van der Waals surface area (Å²) in [7, 11) is -2.13. The Morgan fingerprint density at radius 2 is 1.24 bits per heavy atom. The first-order valence-corrected chi connectivity index (χ1v) is 16.9. The standard InChI is InChI=1S/C6H8O3S2.C5H5ClO3S2.C5H7NO3S2/c1-9-5-3-4-10-6(5)11(2,7)8;1-9-4-2-3-10-5(4)11(6,7)8;1-11(8,9)5-4(7)3(6)2-10-5/h3-4H,1-2H3;2-3H,1H3;2,7H,6H2,1H3. The molecular formula is C16H20ClNO9S6. The van der Waals surface area contributed by atoms with E-state index >= 15 is 0 Å². The Morgan fingerprint density at radius 3 is 1.48 bits per heavy atom. The normalized spacial score (nSPS) is 11.5. The van der Waals surface area contributed by atoms with Crippen molar-refractivity contribution >= 4 is 79.1 Å². The average Bonchev–Trinajstić information content (AvgIpc) is 3.41. The molecule has 0 fully saturated rings. The van der Waals surface area contributed by atoms with Gasteiger partial charge in [0.05, 0.1) is 19.9 Å². The lowest BCUT2D eigenvalue weighted by Crippen LogP contribution is -1.95. The third-order valence-electron chi connectivity index (χ3n) is 3.29. The van der Waals surface area contributed by atoms with Gasteiger partial charge in [0.2, 0.25) is 0 Å². The van der Waals surface area contributed by atoms with E-state index in [1.165, 1.54) is 37.2 Å². The van der Waals surface area contributed by atoms with Crippen molar-refractivity contribution in [2.75, 3.05) is 32.5 Å². The fourth-order valence-electron chi connectivity index (χ4n) is 1.93. The first-order valence-electron chi connectivity index (χ1n) is 8.17. The van der Waals surface area contributed by atoms with Crippen molar-refractivity contribution in [2.24, 2.45) is 0 Å². The minimum Gasteiger partial charge on any atom is -0.504 e. The minimum absolute atomic E-state index is 0.0571. The molecule has 0 amide bonds. The van der Waals surface area contributed by atoms with Gasteiger partial charge in [-0.3, -0.25) is 0 Å². The van der Waals surface area contributed by atoms with E-state index in [0.29, 0.717) is 15.7 Å². The summed E-state index contributed by atoms with van der Waals surface area (Å²) in [4.78, 5) is 0. The molecule has 3 aromatic rings. The molecule has 0 saturated carbocycles. The van der Waals surface area contributed by atoms with E-state index in [2.05, 4.69) is 0 Å².